The van der Waals surface area contributed by atoms with Crippen LogP contribution in [0.5, 0.6) is 0 Å². The van der Waals surface area contributed by atoms with Crippen LogP contribution in [0.25, 0.3) is 0 Å². The Morgan fingerprint density at radius 3 is 2.67 bits per heavy atom. The number of carboxylic acid groups (broad SMARTS) is 1. The fraction of sp³-hybridized carbons (Fsp3) is 0.353. The summed E-state index contributed by atoms with van der Waals surface area (Å²) in [6.07, 6.45) is -0.922. The highest BCUT2D eigenvalue weighted by Crippen LogP contribution is 2.40. The van der Waals surface area contributed by atoms with Crippen molar-refractivity contribution in [2.45, 2.75) is 36.4 Å². The van der Waals surface area contributed by atoms with Crippen LogP contribution in [0.3, 0.4) is 0 Å². The molecule has 0 bridgehead atoms. The highest BCUT2D eigenvalue weighted by atomic mass is 79.9. The minimum Gasteiger partial charge on any atom is -0.465 e. The van der Waals surface area contributed by atoms with Gasteiger partial charge in [0.1, 0.15) is 5.82 Å². The fourth-order valence-electron chi connectivity index (χ4n) is 2.13. The highest BCUT2D eigenvalue weighted by molar-refractivity contribution is 9.10. The molecule has 0 saturated carbocycles. The Labute approximate surface area is 158 Å². The lowest BCUT2D eigenvalue weighted by Crippen LogP contribution is -2.36. The molecule has 1 amide bonds. The number of nitrogens with zero attached hydrogens (tertiary/aromatic N) is 1. The maximum atomic E-state index is 13.3. The number of amides is 1. The maximum Gasteiger partial charge on any atom is 0.407 e. The average molecular weight is 432 g/mol. The minimum absolute atomic E-state index is 0.105. The molecule has 0 unspecified atom stereocenters. The summed E-state index contributed by atoms with van der Waals surface area (Å²) in [6.45, 7) is 6.85. The molecule has 2 rings (SSSR count). The van der Waals surface area contributed by atoms with Crippen LogP contribution in [0, 0.1) is 11.2 Å². The van der Waals surface area contributed by atoms with Gasteiger partial charge in [-0.05, 0) is 45.6 Å². The van der Waals surface area contributed by atoms with Gasteiger partial charge in [0.05, 0.1) is 10.8 Å². The number of rotatable bonds is 5. The molecule has 0 saturated heterocycles. The van der Waals surface area contributed by atoms with Crippen molar-refractivity contribution in [1.82, 2.24) is 4.90 Å². The standard InChI is InChI=1S/C17H19BrFNO2S2/c1-17(2,3)10-20(16(21)22)9-13-8-14(18)15(24-13)23-12-6-4-5-11(19)7-12/h4-8H,9-10H2,1-3H3,(H,21,22). The molecule has 0 atom stereocenters. The SMILES string of the molecule is CC(C)(C)CN(Cc1cc(Br)c(Sc2cccc(F)c2)s1)C(=O)O. The summed E-state index contributed by atoms with van der Waals surface area (Å²) in [4.78, 5) is 14.7. The number of hydrogen-bond acceptors (Lipinski definition) is 3. The van der Waals surface area contributed by atoms with E-state index in [4.69, 9.17) is 0 Å². The second-order valence-electron chi connectivity index (χ2n) is 6.61. The Morgan fingerprint density at radius 1 is 1.38 bits per heavy atom. The zero-order valence-corrected chi connectivity index (χ0v) is 16.9. The molecule has 1 aromatic carbocycles. The van der Waals surface area contributed by atoms with Crippen molar-refractivity contribution in [2.24, 2.45) is 5.41 Å². The van der Waals surface area contributed by atoms with Crippen LogP contribution in [0.4, 0.5) is 9.18 Å². The van der Waals surface area contributed by atoms with Crippen molar-refractivity contribution in [3.8, 4) is 0 Å². The first-order valence-corrected chi connectivity index (χ1v) is 9.76. The van der Waals surface area contributed by atoms with Crippen LogP contribution in [0.1, 0.15) is 25.6 Å². The Bertz CT molecular complexity index is 728. The Morgan fingerprint density at radius 2 is 2.08 bits per heavy atom. The van der Waals surface area contributed by atoms with Gasteiger partial charge in [0.15, 0.2) is 0 Å². The highest BCUT2D eigenvalue weighted by Gasteiger charge is 2.22. The van der Waals surface area contributed by atoms with E-state index in [9.17, 15) is 14.3 Å². The topological polar surface area (TPSA) is 40.5 Å². The average Bonchev–Trinajstić information content (AvgIpc) is 2.76. The number of carbonyl (C=O) groups is 1. The van der Waals surface area contributed by atoms with Crippen LogP contribution >= 0.6 is 39.0 Å². The molecule has 24 heavy (non-hydrogen) atoms. The molecule has 0 aliphatic rings. The summed E-state index contributed by atoms with van der Waals surface area (Å²) in [5, 5.41) is 9.41. The monoisotopic (exact) mass is 431 g/mol. The van der Waals surface area contributed by atoms with Crippen molar-refractivity contribution < 1.29 is 14.3 Å². The van der Waals surface area contributed by atoms with E-state index in [1.807, 2.05) is 32.9 Å². The first kappa shape index (κ1) is 19.3. The lowest BCUT2D eigenvalue weighted by Gasteiger charge is -2.27. The van der Waals surface area contributed by atoms with Crippen LogP contribution in [0.15, 0.2) is 43.9 Å². The van der Waals surface area contributed by atoms with Gasteiger partial charge in [-0.25, -0.2) is 9.18 Å². The molecule has 0 aliphatic heterocycles. The summed E-state index contributed by atoms with van der Waals surface area (Å²) >= 11 is 6.50. The van der Waals surface area contributed by atoms with E-state index in [0.717, 1.165) is 18.5 Å². The normalized spacial score (nSPS) is 11.5. The summed E-state index contributed by atoms with van der Waals surface area (Å²) in [5.41, 5.74) is -0.105. The van der Waals surface area contributed by atoms with Crippen molar-refractivity contribution in [2.75, 3.05) is 6.54 Å². The summed E-state index contributed by atoms with van der Waals surface area (Å²) in [5.74, 6) is -0.268. The molecule has 130 valence electrons. The Kier molecular flexibility index (Phi) is 6.33. The molecule has 1 N–H and O–H groups in total. The van der Waals surface area contributed by atoms with Gasteiger partial charge in [0.2, 0.25) is 0 Å². The van der Waals surface area contributed by atoms with Crippen LogP contribution in [-0.2, 0) is 6.54 Å². The molecule has 3 nitrogen and oxygen atoms in total. The van der Waals surface area contributed by atoms with Crippen LogP contribution in [-0.4, -0.2) is 22.6 Å². The quantitative estimate of drug-likeness (QED) is 0.601. The molecule has 0 aliphatic carbocycles. The molecule has 0 spiro atoms. The maximum absolute atomic E-state index is 13.3. The van der Waals surface area contributed by atoms with E-state index in [-0.39, 0.29) is 11.2 Å². The number of benzene rings is 1. The largest absolute Gasteiger partial charge is 0.465 e. The van der Waals surface area contributed by atoms with Gasteiger partial charge in [-0.3, -0.25) is 0 Å². The Balaban J connectivity index is 2.14. The number of thiophene rings is 1. The van der Waals surface area contributed by atoms with E-state index in [1.54, 1.807) is 6.07 Å². The van der Waals surface area contributed by atoms with Gasteiger partial charge in [-0.15, -0.1) is 11.3 Å². The van der Waals surface area contributed by atoms with E-state index in [0.29, 0.717) is 13.1 Å². The molecule has 0 fully saturated rings. The predicted molar refractivity (Wildman–Crippen MR) is 100 cm³/mol. The van der Waals surface area contributed by atoms with Gasteiger partial charge in [0, 0.05) is 20.8 Å². The van der Waals surface area contributed by atoms with Gasteiger partial charge >= 0.3 is 6.09 Å². The third kappa shape index (κ3) is 5.79. The Hall–Kier alpha value is -1.05. The van der Waals surface area contributed by atoms with E-state index < -0.39 is 6.09 Å². The molecule has 1 heterocycles. The number of hydrogen-bond donors (Lipinski definition) is 1. The van der Waals surface area contributed by atoms with Crippen LogP contribution < -0.4 is 0 Å². The second-order valence-corrected chi connectivity index (χ2v) is 9.94. The van der Waals surface area contributed by atoms with Gasteiger partial charge in [0.25, 0.3) is 0 Å². The second kappa shape index (κ2) is 7.89. The molecular formula is C17H19BrFNO2S2. The van der Waals surface area contributed by atoms with Crippen LogP contribution in [0.2, 0.25) is 0 Å². The lowest BCUT2D eigenvalue weighted by molar-refractivity contribution is 0.123. The first-order chi connectivity index (χ1) is 11.1. The van der Waals surface area contributed by atoms with Gasteiger partial charge < -0.3 is 10.0 Å². The third-order valence-corrected chi connectivity index (χ3v) is 6.46. The molecule has 0 radical (unpaired) electrons. The number of halogens is 2. The van der Waals surface area contributed by atoms with E-state index in [2.05, 4.69) is 15.9 Å². The minimum atomic E-state index is -0.922. The first-order valence-electron chi connectivity index (χ1n) is 7.33. The van der Waals surface area contributed by atoms with Crippen molar-refractivity contribution in [3.63, 3.8) is 0 Å². The lowest BCUT2D eigenvalue weighted by atomic mass is 9.96. The summed E-state index contributed by atoms with van der Waals surface area (Å²) in [6, 6.07) is 8.36. The van der Waals surface area contributed by atoms with Gasteiger partial charge in [-0.2, -0.15) is 0 Å². The van der Waals surface area contributed by atoms with E-state index in [1.165, 1.54) is 40.1 Å². The van der Waals surface area contributed by atoms with E-state index >= 15 is 0 Å². The van der Waals surface area contributed by atoms with Gasteiger partial charge in [-0.1, -0.05) is 38.6 Å². The van der Waals surface area contributed by atoms with Crippen molar-refractivity contribution in [1.29, 1.82) is 0 Å². The van der Waals surface area contributed by atoms with Crippen molar-refractivity contribution >= 4 is 45.1 Å². The summed E-state index contributed by atoms with van der Waals surface area (Å²) in [7, 11) is 0. The predicted octanol–water partition coefficient (Wildman–Crippen LogP) is 6.33. The summed E-state index contributed by atoms with van der Waals surface area (Å²) < 4.78 is 15.2. The molecular weight excluding hydrogens is 413 g/mol. The molecule has 1 aromatic heterocycles. The zero-order valence-electron chi connectivity index (χ0n) is 13.7. The van der Waals surface area contributed by atoms with Crippen molar-refractivity contribution in [3.05, 3.63) is 45.5 Å². The third-order valence-electron chi connectivity index (χ3n) is 3.00. The smallest absolute Gasteiger partial charge is 0.407 e. The molecule has 7 heteroatoms. The zero-order chi connectivity index (χ0) is 17.9. The fourth-order valence-corrected chi connectivity index (χ4v) is 5.30. The molecule has 2 aromatic rings.